The van der Waals surface area contributed by atoms with Gasteiger partial charge in [-0.15, -0.1) is 0 Å². The molecule has 0 atom stereocenters. The van der Waals surface area contributed by atoms with Crippen LogP contribution in [0.25, 0.3) is 0 Å². The van der Waals surface area contributed by atoms with E-state index in [1.165, 1.54) is 6.20 Å². The Morgan fingerprint density at radius 1 is 1.42 bits per heavy atom. The molecule has 2 saturated heterocycles. The van der Waals surface area contributed by atoms with Gasteiger partial charge in [0, 0.05) is 24.2 Å². The zero-order valence-corrected chi connectivity index (χ0v) is 11.2. The van der Waals surface area contributed by atoms with Gasteiger partial charge in [0.1, 0.15) is 5.69 Å². The lowest BCUT2D eigenvalue weighted by atomic mass is 10.0. The second-order valence-corrected chi connectivity index (χ2v) is 5.23. The maximum absolute atomic E-state index is 12.4. The van der Waals surface area contributed by atoms with E-state index in [-0.39, 0.29) is 5.91 Å². The lowest BCUT2D eigenvalue weighted by Crippen LogP contribution is -2.51. The molecule has 0 unspecified atom stereocenters. The largest absolute Gasteiger partial charge is 0.346 e. The highest BCUT2D eigenvalue weighted by molar-refractivity contribution is 6.30. The topological polar surface area (TPSA) is 51.7 Å². The van der Waals surface area contributed by atoms with E-state index in [1.807, 2.05) is 0 Å². The van der Waals surface area contributed by atoms with E-state index in [0.29, 0.717) is 37.0 Å². The number of halogens is 1. The van der Waals surface area contributed by atoms with Gasteiger partial charge in [0.2, 0.25) is 0 Å². The molecule has 0 N–H and O–H groups in total. The van der Waals surface area contributed by atoms with Crippen LogP contribution in [0.5, 0.6) is 0 Å². The summed E-state index contributed by atoms with van der Waals surface area (Å²) in [4.78, 5) is 18.2. The lowest BCUT2D eigenvalue weighted by molar-refractivity contribution is -0.183. The van der Waals surface area contributed by atoms with Gasteiger partial charge < -0.3 is 14.4 Å². The van der Waals surface area contributed by atoms with Crippen molar-refractivity contribution in [3.63, 3.8) is 0 Å². The number of piperidine rings is 1. The van der Waals surface area contributed by atoms with E-state index in [9.17, 15) is 4.79 Å². The van der Waals surface area contributed by atoms with Crippen LogP contribution in [-0.2, 0) is 9.47 Å². The van der Waals surface area contributed by atoms with Gasteiger partial charge in [-0.25, -0.2) is 0 Å². The monoisotopic (exact) mass is 282 g/mol. The number of nitrogens with zero attached hydrogens (tertiary/aromatic N) is 2. The standard InChI is InChI=1S/C13H15ClN2O3/c14-10-2-4-15-11(8-10)12(17)16-5-1-3-13(9-16)18-6-7-19-13/h2,4,8H,1,3,5-7,9H2. The second-order valence-electron chi connectivity index (χ2n) is 4.80. The molecular weight excluding hydrogens is 268 g/mol. The van der Waals surface area contributed by atoms with E-state index in [0.717, 1.165) is 12.8 Å². The molecule has 0 saturated carbocycles. The van der Waals surface area contributed by atoms with Crippen molar-refractivity contribution in [3.05, 3.63) is 29.0 Å². The highest BCUT2D eigenvalue weighted by Gasteiger charge is 2.42. The molecule has 6 heteroatoms. The number of rotatable bonds is 1. The van der Waals surface area contributed by atoms with E-state index in [2.05, 4.69) is 4.98 Å². The van der Waals surface area contributed by atoms with Crippen LogP contribution in [0.1, 0.15) is 23.3 Å². The molecule has 1 aromatic heterocycles. The molecule has 1 aromatic rings. The fraction of sp³-hybridized carbons (Fsp3) is 0.538. The zero-order valence-electron chi connectivity index (χ0n) is 10.5. The van der Waals surface area contributed by atoms with Crippen LogP contribution in [0.4, 0.5) is 0 Å². The number of hydrogen-bond donors (Lipinski definition) is 0. The third-order valence-corrected chi connectivity index (χ3v) is 3.69. The third-order valence-electron chi connectivity index (χ3n) is 3.46. The normalized spacial score (nSPS) is 21.8. The Hall–Kier alpha value is -1.17. The van der Waals surface area contributed by atoms with Crippen molar-refractivity contribution >= 4 is 17.5 Å². The maximum atomic E-state index is 12.4. The quantitative estimate of drug-likeness (QED) is 0.787. The average molecular weight is 283 g/mol. The molecule has 2 aliphatic heterocycles. The lowest BCUT2D eigenvalue weighted by Gasteiger charge is -2.38. The van der Waals surface area contributed by atoms with Crippen LogP contribution >= 0.6 is 11.6 Å². The van der Waals surface area contributed by atoms with Crippen molar-refractivity contribution in [2.45, 2.75) is 18.6 Å². The second kappa shape index (κ2) is 5.07. The zero-order chi connectivity index (χ0) is 13.3. The average Bonchev–Trinajstić information content (AvgIpc) is 2.86. The predicted molar refractivity (Wildman–Crippen MR) is 69.0 cm³/mol. The van der Waals surface area contributed by atoms with Gasteiger partial charge in [-0.1, -0.05) is 11.6 Å². The molecule has 1 spiro atoms. The minimum absolute atomic E-state index is 0.124. The molecule has 0 aliphatic carbocycles. The Labute approximate surface area is 116 Å². The molecule has 5 nitrogen and oxygen atoms in total. The van der Waals surface area contributed by atoms with Crippen LogP contribution < -0.4 is 0 Å². The summed E-state index contributed by atoms with van der Waals surface area (Å²) in [6, 6.07) is 3.24. The minimum atomic E-state index is -0.605. The predicted octanol–water partition coefficient (Wildman–Crippen LogP) is 1.71. The number of likely N-dealkylation sites (tertiary alicyclic amines) is 1. The first-order chi connectivity index (χ1) is 9.19. The number of pyridine rings is 1. The van der Waals surface area contributed by atoms with Crippen molar-refractivity contribution < 1.29 is 14.3 Å². The molecular formula is C13H15ClN2O3. The summed E-state index contributed by atoms with van der Waals surface area (Å²) >= 11 is 5.89. The summed E-state index contributed by atoms with van der Waals surface area (Å²) in [6.07, 6.45) is 3.24. The highest BCUT2D eigenvalue weighted by Crippen LogP contribution is 2.30. The minimum Gasteiger partial charge on any atom is -0.346 e. The van der Waals surface area contributed by atoms with Crippen LogP contribution in [0.2, 0.25) is 5.02 Å². The van der Waals surface area contributed by atoms with Gasteiger partial charge in [-0.3, -0.25) is 9.78 Å². The first-order valence-electron chi connectivity index (χ1n) is 6.37. The molecule has 102 valence electrons. The fourth-order valence-electron chi connectivity index (χ4n) is 2.58. The van der Waals surface area contributed by atoms with Crippen LogP contribution in [0, 0.1) is 0 Å². The first kappa shape index (κ1) is 12.8. The molecule has 2 fully saturated rings. The molecule has 0 bridgehead atoms. The van der Waals surface area contributed by atoms with E-state index >= 15 is 0 Å². The molecule has 3 heterocycles. The number of carbonyl (C=O) groups excluding carboxylic acids is 1. The van der Waals surface area contributed by atoms with Crippen LogP contribution in [0.15, 0.2) is 18.3 Å². The highest BCUT2D eigenvalue weighted by atomic mass is 35.5. The Morgan fingerprint density at radius 3 is 2.95 bits per heavy atom. The Morgan fingerprint density at radius 2 is 2.21 bits per heavy atom. The van der Waals surface area contributed by atoms with Gasteiger partial charge in [-0.2, -0.15) is 0 Å². The van der Waals surface area contributed by atoms with Gasteiger partial charge in [0.05, 0.1) is 19.8 Å². The van der Waals surface area contributed by atoms with Crippen molar-refractivity contribution in [1.82, 2.24) is 9.88 Å². The van der Waals surface area contributed by atoms with Crippen molar-refractivity contribution in [2.75, 3.05) is 26.3 Å². The van der Waals surface area contributed by atoms with Gasteiger partial charge in [0.25, 0.3) is 5.91 Å². The third kappa shape index (κ3) is 2.59. The summed E-state index contributed by atoms with van der Waals surface area (Å²) in [7, 11) is 0. The molecule has 1 amide bonds. The number of carbonyl (C=O) groups is 1. The molecule has 0 aromatic carbocycles. The van der Waals surface area contributed by atoms with E-state index in [4.69, 9.17) is 21.1 Å². The number of amides is 1. The number of ether oxygens (including phenoxy) is 2. The Bertz CT molecular complexity index is 489. The van der Waals surface area contributed by atoms with Gasteiger partial charge in [-0.05, 0) is 18.6 Å². The number of hydrogen-bond acceptors (Lipinski definition) is 4. The van der Waals surface area contributed by atoms with Crippen LogP contribution in [-0.4, -0.2) is 47.9 Å². The summed E-state index contributed by atoms with van der Waals surface area (Å²) in [5.74, 6) is -0.729. The van der Waals surface area contributed by atoms with E-state index < -0.39 is 5.79 Å². The van der Waals surface area contributed by atoms with Crippen molar-refractivity contribution in [2.24, 2.45) is 0 Å². The molecule has 0 radical (unpaired) electrons. The van der Waals surface area contributed by atoms with Crippen LogP contribution in [0.3, 0.4) is 0 Å². The van der Waals surface area contributed by atoms with Gasteiger partial charge in [0.15, 0.2) is 5.79 Å². The molecule has 3 rings (SSSR count). The Kier molecular flexibility index (Phi) is 3.43. The summed E-state index contributed by atoms with van der Waals surface area (Å²) in [6.45, 7) is 2.34. The maximum Gasteiger partial charge on any atom is 0.272 e. The Balaban J connectivity index is 1.76. The molecule has 2 aliphatic rings. The summed E-state index contributed by atoms with van der Waals surface area (Å²) < 4.78 is 11.3. The fourth-order valence-corrected chi connectivity index (χ4v) is 2.74. The molecule has 19 heavy (non-hydrogen) atoms. The summed E-state index contributed by atoms with van der Waals surface area (Å²) in [5.41, 5.74) is 0.363. The van der Waals surface area contributed by atoms with E-state index in [1.54, 1.807) is 17.0 Å². The van der Waals surface area contributed by atoms with Gasteiger partial charge >= 0.3 is 0 Å². The number of aromatic nitrogens is 1. The SMILES string of the molecule is O=C(c1cc(Cl)ccn1)N1CCCC2(C1)OCCO2. The summed E-state index contributed by atoms with van der Waals surface area (Å²) in [5, 5.41) is 0.512. The van der Waals surface area contributed by atoms with Crippen molar-refractivity contribution in [1.29, 1.82) is 0 Å². The smallest absolute Gasteiger partial charge is 0.272 e. The van der Waals surface area contributed by atoms with Crippen molar-refractivity contribution in [3.8, 4) is 0 Å². The first-order valence-corrected chi connectivity index (χ1v) is 6.75.